The Morgan fingerprint density at radius 2 is 2.31 bits per heavy atom. The Balaban J connectivity index is 2.36. The third-order valence-corrected chi connectivity index (χ3v) is 2.42. The van der Waals surface area contributed by atoms with Gasteiger partial charge < -0.3 is 5.32 Å². The molecule has 0 fully saturated rings. The van der Waals surface area contributed by atoms with Crippen LogP contribution in [0.25, 0.3) is 5.82 Å². The number of halogens is 1. The van der Waals surface area contributed by atoms with Gasteiger partial charge in [-0.2, -0.15) is 10.1 Å². The first-order valence-electron chi connectivity index (χ1n) is 4.99. The van der Waals surface area contributed by atoms with Crippen LogP contribution < -0.4 is 5.32 Å². The number of aromatic nitrogens is 4. The Labute approximate surface area is 98.5 Å². The molecule has 2 rings (SSSR count). The predicted octanol–water partition coefficient (Wildman–Crippen LogP) is 2.06. The fraction of sp³-hybridized carbons (Fsp3) is 0.300. The Morgan fingerprint density at radius 1 is 1.50 bits per heavy atom. The maximum atomic E-state index is 5.94. The smallest absolute Gasteiger partial charge is 0.224 e. The van der Waals surface area contributed by atoms with Crippen LogP contribution in [0, 0.1) is 6.92 Å². The van der Waals surface area contributed by atoms with Crippen molar-refractivity contribution in [2.75, 3.05) is 11.9 Å². The number of nitrogens with one attached hydrogen (secondary N) is 1. The average molecular weight is 238 g/mol. The summed E-state index contributed by atoms with van der Waals surface area (Å²) in [5.41, 5.74) is 0.783. The molecule has 0 unspecified atom stereocenters. The molecule has 0 aliphatic carbocycles. The Morgan fingerprint density at radius 3 is 2.94 bits per heavy atom. The van der Waals surface area contributed by atoms with Gasteiger partial charge in [0.25, 0.3) is 0 Å². The molecule has 0 amide bonds. The third-order valence-electron chi connectivity index (χ3n) is 2.05. The zero-order chi connectivity index (χ0) is 11.5. The van der Waals surface area contributed by atoms with Crippen LogP contribution in [-0.4, -0.2) is 26.3 Å². The second-order valence-electron chi connectivity index (χ2n) is 3.28. The predicted molar refractivity (Wildman–Crippen MR) is 63.1 cm³/mol. The van der Waals surface area contributed by atoms with Gasteiger partial charge in [0.05, 0.1) is 16.9 Å². The van der Waals surface area contributed by atoms with Crippen LogP contribution in [0.2, 0.25) is 5.02 Å². The Bertz CT molecular complexity index is 474. The maximum absolute atomic E-state index is 5.94. The van der Waals surface area contributed by atoms with Crippen LogP contribution in [0.15, 0.2) is 18.5 Å². The van der Waals surface area contributed by atoms with Gasteiger partial charge in [0.2, 0.25) is 5.95 Å². The van der Waals surface area contributed by atoms with Crippen LogP contribution in [-0.2, 0) is 0 Å². The van der Waals surface area contributed by atoms with Gasteiger partial charge in [-0.3, -0.25) is 0 Å². The number of aryl methyl sites for hydroxylation is 1. The first kappa shape index (κ1) is 10.9. The first-order valence-corrected chi connectivity index (χ1v) is 5.37. The molecule has 1 N–H and O–H groups in total. The molecule has 2 heterocycles. The van der Waals surface area contributed by atoms with Gasteiger partial charge >= 0.3 is 0 Å². The molecule has 0 aromatic carbocycles. The molecule has 0 saturated heterocycles. The molecular weight excluding hydrogens is 226 g/mol. The van der Waals surface area contributed by atoms with E-state index < -0.39 is 0 Å². The summed E-state index contributed by atoms with van der Waals surface area (Å²) in [5, 5.41) is 7.92. The van der Waals surface area contributed by atoms with E-state index in [1.54, 1.807) is 23.1 Å². The molecule has 6 heteroatoms. The van der Waals surface area contributed by atoms with Crippen molar-refractivity contribution in [1.82, 2.24) is 19.7 Å². The molecule has 0 aliphatic rings. The highest BCUT2D eigenvalue weighted by Gasteiger charge is 2.05. The van der Waals surface area contributed by atoms with Gasteiger partial charge in [-0.25, -0.2) is 9.67 Å². The van der Waals surface area contributed by atoms with Gasteiger partial charge in [0, 0.05) is 18.8 Å². The summed E-state index contributed by atoms with van der Waals surface area (Å²) in [4.78, 5) is 8.39. The van der Waals surface area contributed by atoms with Gasteiger partial charge in [0.15, 0.2) is 5.82 Å². The van der Waals surface area contributed by atoms with Gasteiger partial charge in [0.1, 0.15) is 0 Å². The standard InChI is InChI=1S/C10H12ClN5/c1-3-12-10-13-5-4-9(14-10)16-6-8(11)7(2)15-16/h4-6H,3H2,1-2H3,(H,12,13,14). The van der Waals surface area contributed by atoms with Gasteiger partial charge in [-0.05, 0) is 13.8 Å². The highest BCUT2D eigenvalue weighted by molar-refractivity contribution is 6.31. The quantitative estimate of drug-likeness (QED) is 0.888. The normalized spacial score (nSPS) is 10.4. The lowest BCUT2D eigenvalue weighted by molar-refractivity contribution is 0.826. The van der Waals surface area contributed by atoms with Crippen molar-refractivity contribution < 1.29 is 0 Å². The van der Waals surface area contributed by atoms with E-state index in [1.165, 1.54) is 0 Å². The first-order chi connectivity index (χ1) is 7.70. The summed E-state index contributed by atoms with van der Waals surface area (Å²) in [6.07, 6.45) is 3.42. The van der Waals surface area contributed by atoms with E-state index in [9.17, 15) is 0 Å². The largest absolute Gasteiger partial charge is 0.354 e. The molecular formula is C10H12ClN5. The lowest BCUT2D eigenvalue weighted by Gasteiger charge is -2.03. The third kappa shape index (κ3) is 2.14. The molecule has 0 saturated carbocycles. The van der Waals surface area contributed by atoms with Crippen molar-refractivity contribution in [3.05, 3.63) is 29.2 Å². The summed E-state index contributed by atoms with van der Waals surface area (Å²) < 4.78 is 1.64. The van der Waals surface area contributed by atoms with Crippen LogP contribution in [0.3, 0.4) is 0 Å². The van der Waals surface area contributed by atoms with E-state index in [1.807, 2.05) is 13.8 Å². The number of nitrogens with zero attached hydrogens (tertiary/aromatic N) is 4. The van der Waals surface area contributed by atoms with E-state index in [2.05, 4.69) is 20.4 Å². The molecule has 2 aromatic heterocycles. The number of anilines is 1. The molecule has 0 spiro atoms. The Hall–Kier alpha value is -1.62. The van der Waals surface area contributed by atoms with E-state index in [0.29, 0.717) is 16.8 Å². The molecule has 0 bridgehead atoms. The van der Waals surface area contributed by atoms with E-state index in [-0.39, 0.29) is 0 Å². The van der Waals surface area contributed by atoms with Gasteiger partial charge in [-0.15, -0.1) is 0 Å². The monoisotopic (exact) mass is 237 g/mol. The van der Waals surface area contributed by atoms with Crippen molar-refractivity contribution in [1.29, 1.82) is 0 Å². The minimum atomic E-state index is 0.587. The summed E-state index contributed by atoms with van der Waals surface area (Å²) in [7, 11) is 0. The molecule has 5 nitrogen and oxygen atoms in total. The van der Waals surface area contributed by atoms with E-state index in [0.717, 1.165) is 12.2 Å². The average Bonchev–Trinajstić information content (AvgIpc) is 2.60. The topological polar surface area (TPSA) is 55.6 Å². The minimum absolute atomic E-state index is 0.587. The van der Waals surface area contributed by atoms with Crippen LogP contribution in [0.1, 0.15) is 12.6 Å². The van der Waals surface area contributed by atoms with Crippen molar-refractivity contribution in [3.8, 4) is 5.82 Å². The van der Waals surface area contributed by atoms with E-state index >= 15 is 0 Å². The maximum Gasteiger partial charge on any atom is 0.224 e. The van der Waals surface area contributed by atoms with E-state index in [4.69, 9.17) is 11.6 Å². The number of hydrogen-bond acceptors (Lipinski definition) is 4. The summed E-state index contributed by atoms with van der Waals surface area (Å²) in [5.74, 6) is 1.28. The summed E-state index contributed by atoms with van der Waals surface area (Å²) >= 11 is 5.94. The summed E-state index contributed by atoms with van der Waals surface area (Å²) in [6.45, 7) is 4.62. The fourth-order valence-electron chi connectivity index (χ4n) is 1.28. The van der Waals surface area contributed by atoms with Gasteiger partial charge in [-0.1, -0.05) is 11.6 Å². The second-order valence-corrected chi connectivity index (χ2v) is 3.68. The lowest BCUT2D eigenvalue weighted by Crippen LogP contribution is -2.05. The van der Waals surface area contributed by atoms with Crippen LogP contribution >= 0.6 is 11.6 Å². The lowest BCUT2D eigenvalue weighted by atomic mass is 10.5. The zero-order valence-electron chi connectivity index (χ0n) is 9.11. The van der Waals surface area contributed by atoms with Crippen LogP contribution in [0.5, 0.6) is 0 Å². The fourth-order valence-corrected chi connectivity index (χ4v) is 1.41. The molecule has 0 aliphatic heterocycles. The molecule has 16 heavy (non-hydrogen) atoms. The molecule has 0 radical (unpaired) electrons. The van der Waals surface area contributed by atoms with Crippen LogP contribution in [0.4, 0.5) is 5.95 Å². The molecule has 84 valence electrons. The van der Waals surface area contributed by atoms with Crippen molar-refractivity contribution >= 4 is 17.5 Å². The second kappa shape index (κ2) is 4.49. The molecule has 2 aromatic rings. The number of hydrogen-bond donors (Lipinski definition) is 1. The number of rotatable bonds is 3. The molecule has 0 atom stereocenters. The summed E-state index contributed by atoms with van der Waals surface area (Å²) in [6, 6.07) is 1.78. The van der Waals surface area contributed by atoms with Crippen molar-refractivity contribution in [3.63, 3.8) is 0 Å². The minimum Gasteiger partial charge on any atom is -0.354 e. The Kier molecular flexibility index (Phi) is 3.05. The highest BCUT2D eigenvalue weighted by Crippen LogP contribution is 2.15. The van der Waals surface area contributed by atoms with Crippen molar-refractivity contribution in [2.45, 2.75) is 13.8 Å². The SMILES string of the molecule is CCNc1nccc(-n2cc(Cl)c(C)n2)n1. The van der Waals surface area contributed by atoms with Crippen molar-refractivity contribution in [2.24, 2.45) is 0 Å². The highest BCUT2D eigenvalue weighted by atomic mass is 35.5. The zero-order valence-corrected chi connectivity index (χ0v) is 9.86.